The van der Waals surface area contributed by atoms with E-state index in [1.54, 1.807) is 25.7 Å². The quantitative estimate of drug-likeness (QED) is 0.367. The molecule has 126 valence electrons. The molecule has 0 bridgehead atoms. The summed E-state index contributed by atoms with van der Waals surface area (Å²) in [5, 5.41) is 0. The normalized spacial score (nSPS) is 14.7. The van der Waals surface area contributed by atoms with Gasteiger partial charge in [-0.3, -0.25) is 8.75 Å². The number of hydrogen-bond donors (Lipinski definition) is 0. The van der Waals surface area contributed by atoms with E-state index in [-0.39, 0.29) is 24.7 Å². The Morgan fingerprint density at radius 1 is 1.09 bits per heavy atom. The number of aryl methyl sites for hydroxylation is 1. The molecule has 1 rings (SSSR count). The maximum Gasteiger partial charge on any atom is 0.297 e. The Kier molecular flexibility index (Phi) is 7.72. The van der Waals surface area contributed by atoms with Gasteiger partial charge in [-0.15, -0.1) is 0 Å². The first-order valence-corrected chi connectivity index (χ1v) is 10.7. The summed E-state index contributed by atoms with van der Waals surface area (Å²) in [6.45, 7) is 5.86. The average molecular weight is 350 g/mol. The van der Waals surface area contributed by atoms with Crippen molar-refractivity contribution in [1.82, 2.24) is 0 Å². The van der Waals surface area contributed by atoms with Gasteiger partial charge in [0.25, 0.3) is 10.1 Å². The fourth-order valence-corrected chi connectivity index (χ4v) is 3.67. The molecule has 0 aliphatic heterocycles. The van der Waals surface area contributed by atoms with Crippen LogP contribution < -0.4 is 0 Å². The van der Waals surface area contributed by atoms with Crippen LogP contribution in [0.25, 0.3) is 0 Å². The van der Waals surface area contributed by atoms with E-state index in [4.69, 9.17) is 13.4 Å². The molecule has 0 aromatic heterocycles. The summed E-state index contributed by atoms with van der Waals surface area (Å²) in [6, 6.07) is 6.42. The molecule has 1 aromatic carbocycles. The van der Waals surface area contributed by atoms with Gasteiger partial charge in [0, 0.05) is 12.8 Å². The molecule has 6 nitrogen and oxygen atoms in total. The van der Waals surface area contributed by atoms with Crippen LogP contribution in [0.2, 0.25) is 0 Å². The first-order valence-electron chi connectivity index (χ1n) is 7.02. The minimum absolute atomic E-state index is 0.0845. The fourth-order valence-electron chi connectivity index (χ4n) is 1.65. The van der Waals surface area contributed by atoms with Crippen molar-refractivity contribution in [2.75, 3.05) is 39.3 Å². The topological polar surface area (TPSA) is 78.9 Å². The molecule has 0 saturated heterocycles. The van der Waals surface area contributed by atoms with Gasteiger partial charge in [0.2, 0.25) is 7.37 Å². The highest BCUT2D eigenvalue weighted by molar-refractivity contribution is 7.86. The van der Waals surface area contributed by atoms with Crippen molar-refractivity contribution in [3.8, 4) is 0 Å². The molecule has 0 spiro atoms. The zero-order chi connectivity index (χ0) is 16.6. The average Bonchev–Trinajstić information content (AvgIpc) is 2.43. The Morgan fingerprint density at radius 2 is 1.73 bits per heavy atom. The van der Waals surface area contributed by atoms with Crippen LogP contribution in [0.4, 0.5) is 0 Å². The van der Waals surface area contributed by atoms with E-state index in [2.05, 4.69) is 0 Å². The first-order chi connectivity index (χ1) is 10.3. The van der Waals surface area contributed by atoms with Crippen LogP contribution in [-0.2, 0) is 28.1 Å². The summed E-state index contributed by atoms with van der Waals surface area (Å²) in [7, 11) is -6.37. The lowest BCUT2D eigenvalue weighted by molar-refractivity contribution is 0.112. The third-order valence-electron chi connectivity index (χ3n) is 2.82. The molecule has 0 amide bonds. The minimum Gasteiger partial charge on any atom is -0.378 e. The molecule has 1 aromatic rings. The zero-order valence-corrected chi connectivity index (χ0v) is 14.9. The summed E-state index contributed by atoms with van der Waals surface area (Å²) < 4.78 is 50.8. The van der Waals surface area contributed by atoms with Gasteiger partial charge in [0.05, 0.1) is 31.3 Å². The smallest absolute Gasteiger partial charge is 0.297 e. The molecular weight excluding hydrogens is 327 g/mol. The Bertz CT molecular complexity index is 596. The molecule has 0 aliphatic carbocycles. The van der Waals surface area contributed by atoms with Crippen LogP contribution in [0.3, 0.4) is 0 Å². The first kappa shape index (κ1) is 19.3. The highest BCUT2D eigenvalue weighted by atomic mass is 32.2. The summed E-state index contributed by atoms with van der Waals surface area (Å²) in [4.78, 5) is 0.118. The molecule has 0 heterocycles. The van der Waals surface area contributed by atoms with Crippen LogP contribution in [-0.4, -0.2) is 47.7 Å². The largest absolute Gasteiger partial charge is 0.378 e. The SMILES string of the molecule is CCOP(C)(=O)CCOCCOS(=O)(=O)c1ccc(C)cc1. The molecule has 1 unspecified atom stereocenters. The summed E-state index contributed by atoms with van der Waals surface area (Å²) >= 11 is 0. The van der Waals surface area contributed by atoms with Crippen LogP contribution in [0.5, 0.6) is 0 Å². The van der Waals surface area contributed by atoms with E-state index in [0.29, 0.717) is 12.8 Å². The van der Waals surface area contributed by atoms with Gasteiger partial charge in [-0.2, -0.15) is 8.42 Å². The van der Waals surface area contributed by atoms with Gasteiger partial charge < -0.3 is 9.26 Å². The van der Waals surface area contributed by atoms with E-state index in [0.717, 1.165) is 5.56 Å². The van der Waals surface area contributed by atoms with E-state index in [1.807, 2.05) is 6.92 Å². The second kappa shape index (κ2) is 8.79. The lowest BCUT2D eigenvalue weighted by Gasteiger charge is -2.12. The van der Waals surface area contributed by atoms with Gasteiger partial charge in [0.1, 0.15) is 0 Å². The third kappa shape index (κ3) is 7.03. The van der Waals surface area contributed by atoms with Crippen molar-refractivity contribution in [2.24, 2.45) is 0 Å². The Hall–Kier alpha value is -0.720. The maximum atomic E-state index is 11.9. The lowest BCUT2D eigenvalue weighted by atomic mass is 10.2. The molecule has 0 saturated carbocycles. The number of ether oxygens (including phenoxy) is 1. The molecule has 0 aliphatic rings. The Morgan fingerprint density at radius 3 is 2.32 bits per heavy atom. The number of hydrogen-bond acceptors (Lipinski definition) is 6. The Labute approximate surface area is 132 Å². The predicted octanol–water partition coefficient (Wildman–Crippen LogP) is 2.66. The van der Waals surface area contributed by atoms with Crippen molar-refractivity contribution in [3.05, 3.63) is 29.8 Å². The van der Waals surface area contributed by atoms with Crippen LogP contribution in [0.15, 0.2) is 29.2 Å². The second-order valence-electron chi connectivity index (χ2n) is 4.86. The van der Waals surface area contributed by atoms with Crippen LogP contribution >= 0.6 is 7.37 Å². The van der Waals surface area contributed by atoms with Crippen molar-refractivity contribution in [3.63, 3.8) is 0 Å². The molecular formula is C14H23O6PS. The molecule has 22 heavy (non-hydrogen) atoms. The van der Waals surface area contributed by atoms with Crippen LogP contribution in [0.1, 0.15) is 12.5 Å². The number of rotatable bonds is 10. The summed E-state index contributed by atoms with van der Waals surface area (Å²) in [6.07, 6.45) is 0.297. The minimum atomic E-state index is -3.76. The molecule has 0 fully saturated rings. The van der Waals surface area contributed by atoms with E-state index >= 15 is 0 Å². The van der Waals surface area contributed by atoms with Gasteiger partial charge >= 0.3 is 0 Å². The van der Waals surface area contributed by atoms with Crippen molar-refractivity contribution >= 4 is 17.5 Å². The molecule has 8 heteroatoms. The predicted molar refractivity (Wildman–Crippen MR) is 85.2 cm³/mol. The molecule has 0 radical (unpaired) electrons. The molecule has 0 N–H and O–H groups in total. The van der Waals surface area contributed by atoms with Gasteiger partial charge in [-0.1, -0.05) is 17.7 Å². The zero-order valence-electron chi connectivity index (χ0n) is 13.1. The second-order valence-corrected chi connectivity index (χ2v) is 9.21. The third-order valence-corrected chi connectivity index (χ3v) is 5.95. The van der Waals surface area contributed by atoms with Crippen molar-refractivity contribution in [2.45, 2.75) is 18.7 Å². The van der Waals surface area contributed by atoms with Crippen molar-refractivity contribution < 1.29 is 26.4 Å². The van der Waals surface area contributed by atoms with Gasteiger partial charge in [0.15, 0.2) is 0 Å². The maximum absolute atomic E-state index is 11.9. The highest BCUT2D eigenvalue weighted by Gasteiger charge is 2.16. The summed E-state index contributed by atoms with van der Waals surface area (Å²) in [5.74, 6) is 0. The van der Waals surface area contributed by atoms with Gasteiger partial charge in [-0.05, 0) is 26.0 Å². The van der Waals surface area contributed by atoms with E-state index in [1.165, 1.54) is 12.1 Å². The highest BCUT2D eigenvalue weighted by Crippen LogP contribution is 2.41. The monoisotopic (exact) mass is 350 g/mol. The van der Waals surface area contributed by atoms with E-state index < -0.39 is 17.5 Å². The lowest BCUT2D eigenvalue weighted by Crippen LogP contribution is -2.13. The van der Waals surface area contributed by atoms with Crippen LogP contribution in [0, 0.1) is 6.92 Å². The fraction of sp³-hybridized carbons (Fsp3) is 0.571. The number of benzene rings is 1. The van der Waals surface area contributed by atoms with Crippen molar-refractivity contribution in [1.29, 1.82) is 0 Å². The molecule has 1 atom stereocenters. The summed E-state index contributed by atoms with van der Waals surface area (Å²) in [5.41, 5.74) is 0.973. The van der Waals surface area contributed by atoms with Gasteiger partial charge in [-0.25, -0.2) is 0 Å². The Balaban J connectivity index is 2.29. The standard InChI is InChI=1S/C14H23O6PS/c1-4-19-21(3,15)12-11-18-9-10-20-22(16,17)14-7-5-13(2)6-8-14/h5-8H,4,9-12H2,1-3H3. The van der Waals surface area contributed by atoms with E-state index in [9.17, 15) is 13.0 Å².